The number of hydrogen-bond donors (Lipinski definition) is 0. The summed E-state index contributed by atoms with van der Waals surface area (Å²) in [6.45, 7) is 5.41. The van der Waals surface area contributed by atoms with E-state index < -0.39 is 0 Å². The Morgan fingerprint density at radius 3 is 2.58 bits per heavy atom. The lowest BCUT2D eigenvalue weighted by atomic mass is 10.2. The molecule has 130 valence electrons. The van der Waals surface area contributed by atoms with Gasteiger partial charge in [-0.05, 0) is 26.3 Å². The van der Waals surface area contributed by atoms with Crippen molar-refractivity contribution in [2.24, 2.45) is 0 Å². The van der Waals surface area contributed by atoms with Gasteiger partial charge >= 0.3 is 5.97 Å². The first kappa shape index (κ1) is 19.0. The summed E-state index contributed by atoms with van der Waals surface area (Å²) in [5.74, 6) is -0.324. The van der Waals surface area contributed by atoms with Gasteiger partial charge in [0, 0.05) is 14.1 Å². The van der Waals surface area contributed by atoms with Crippen LogP contribution in [0.25, 0.3) is 10.2 Å². The molecule has 0 bridgehead atoms. The highest BCUT2D eigenvalue weighted by Gasteiger charge is 2.21. The Morgan fingerprint density at radius 1 is 1.33 bits per heavy atom. The monoisotopic (exact) mass is 387 g/mol. The molecule has 0 aliphatic heterocycles. The first-order valence-electron chi connectivity index (χ1n) is 7.21. The van der Waals surface area contributed by atoms with E-state index in [2.05, 4.69) is 9.97 Å². The van der Waals surface area contributed by atoms with Crippen LogP contribution in [0.1, 0.15) is 29.1 Å². The normalized spacial score (nSPS) is 11.1. The van der Waals surface area contributed by atoms with Crippen molar-refractivity contribution in [2.75, 3.05) is 19.8 Å². The summed E-state index contributed by atoms with van der Waals surface area (Å²) in [6, 6.07) is 0. The number of ether oxygens (including phenoxy) is 1. The Balaban J connectivity index is 2.29. The molecule has 0 aliphatic rings. The molecule has 2 aromatic heterocycles. The largest absolute Gasteiger partial charge is 0.462 e. The third kappa shape index (κ3) is 4.17. The number of hydrogen-bond acceptors (Lipinski definition) is 7. The molecule has 0 aliphatic carbocycles. The van der Waals surface area contributed by atoms with Gasteiger partial charge in [-0.1, -0.05) is 23.4 Å². The fourth-order valence-corrected chi connectivity index (χ4v) is 4.27. The number of halogens is 1. The van der Waals surface area contributed by atoms with Crippen molar-refractivity contribution >= 4 is 56.8 Å². The van der Waals surface area contributed by atoms with Gasteiger partial charge in [-0.15, -0.1) is 11.3 Å². The Labute approximate surface area is 153 Å². The topological polar surface area (TPSA) is 72.4 Å². The van der Waals surface area contributed by atoms with Gasteiger partial charge in [0.2, 0.25) is 0 Å². The van der Waals surface area contributed by atoms with E-state index in [1.807, 2.05) is 6.92 Å². The molecule has 6 nitrogen and oxygen atoms in total. The number of aromatic nitrogens is 2. The zero-order valence-electron chi connectivity index (χ0n) is 14.0. The Morgan fingerprint density at radius 2 is 2.00 bits per heavy atom. The number of esters is 1. The van der Waals surface area contributed by atoms with Gasteiger partial charge in [0.25, 0.3) is 5.91 Å². The van der Waals surface area contributed by atoms with Gasteiger partial charge in [-0.25, -0.2) is 9.97 Å². The average Bonchev–Trinajstić information content (AvgIpc) is 2.81. The molecule has 2 aromatic rings. The molecular formula is C15H18ClN3O3S2. The van der Waals surface area contributed by atoms with Crippen molar-refractivity contribution in [1.82, 2.24) is 14.9 Å². The number of carbonyl (C=O) groups is 2. The van der Waals surface area contributed by atoms with Gasteiger partial charge in [0.05, 0.1) is 22.1 Å². The summed E-state index contributed by atoms with van der Waals surface area (Å²) in [7, 11) is 3.39. The lowest BCUT2D eigenvalue weighted by molar-refractivity contribution is -0.144. The van der Waals surface area contributed by atoms with Gasteiger partial charge in [-0.2, -0.15) is 0 Å². The number of fused-ring (bicyclic) bond motifs is 1. The number of rotatable bonds is 5. The fraction of sp³-hybridized carbons (Fsp3) is 0.467. The van der Waals surface area contributed by atoms with Crippen LogP contribution in [0.2, 0.25) is 5.15 Å². The van der Waals surface area contributed by atoms with Gasteiger partial charge in [0.1, 0.15) is 9.98 Å². The van der Waals surface area contributed by atoms with E-state index in [1.165, 1.54) is 16.2 Å². The second-order valence-corrected chi connectivity index (χ2v) is 7.86. The summed E-state index contributed by atoms with van der Waals surface area (Å²) in [5.41, 5.74) is 0.773. The minimum absolute atomic E-state index is 0.0960. The van der Waals surface area contributed by atoms with Crippen LogP contribution in [0.5, 0.6) is 0 Å². The Kier molecular flexibility index (Phi) is 6.06. The van der Waals surface area contributed by atoms with Crippen LogP contribution >= 0.6 is 34.7 Å². The fourth-order valence-electron chi connectivity index (χ4n) is 1.96. The lowest BCUT2D eigenvalue weighted by Crippen LogP contribution is -2.21. The summed E-state index contributed by atoms with van der Waals surface area (Å²) < 4.78 is 5.07. The highest BCUT2D eigenvalue weighted by Crippen LogP contribution is 2.35. The number of amides is 1. The van der Waals surface area contributed by atoms with Crippen molar-refractivity contribution in [3.8, 4) is 0 Å². The SMILES string of the molecule is Cc1c(C(=O)N(C)C)sc2nc(SCC(=O)OC(C)C)nc(Cl)c12. The zero-order chi connectivity index (χ0) is 18.0. The number of aryl methyl sites for hydroxylation is 1. The molecule has 0 fully saturated rings. The van der Waals surface area contributed by atoms with Crippen molar-refractivity contribution in [2.45, 2.75) is 32.0 Å². The second kappa shape index (κ2) is 7.67. The van der Waals surface area contributed by atoms with Crippen LogP contribution < -0.4 is 0 Å². The Bertz CT molecular complexity index is 790. The van der Waals surface area contributed by atoms with E-state index >= 15 is 0 Å². The van der Waals surface area contributed by atoms with Gasteiger partial charge in [0.15, 0.2) is 5.16 Å². The third-order valence-corrected chi connectivity index (χ3v) is 5.28. The van der Waals surface area contributed by atoms with E-state index in [4.69, 9.17) is 16.3 Å². The number of carbonyl (C=O) groups excluding carboxylic acids is 2. The molecule has 0 spiro atoms. The molecule has 0 atom stereocenters. The first-order valence-corrected chi connectivity index (χ1v) is 9.39. The van der Waals surface area contributed by atoms with Crippen molar-refractivity contribution in [1.29, 1.82) is 0 Å². The minimum Gasteiger partial charge on any atom is -0.462 e. The summed E-state index contributed by atoms with van der Waals surface area (Å²) in [6.07, 6.45) is -0.162. The molecule has 0 saturated heterocycles. The predicted octanol–water partition coefficient (Wildman–Crippen LogP) is 3.40. The molecule has 0 N–H and O–H groups in total. The molecule has 0 saturated carbocycles. The molecular weight excluding hydrogens is 370 g/mol. The quantitative estimate of drug-likeness (QED) is 0.339. The summed E-state index contributed by atoms with van der Waals surface area (Å²) in [4.78, 5) is 35.2. The van der Waals surface area contributed by atoms with Crippen LogP contribution in [-0.4, -0.2) is 52.7 Å². The molecule has 0 radical (unpaired) electrons. The molecule has 24 heavy (non-hydrogen) atoms. The molecule has 0 aromatic carbocycles. The van der Waals surface area contributed by atoms with Crippen LogP contribution in [0.4, 0.5) is 0 Å². The molecule has 2 heterocycles. The van der Waals surface area contributed by atoms with Crippen molar-refractivity contribution < 1.29 is 14.3 Å². The smallest absolute Gasteiger partial charge is 0.316 e. The maximum absolute atomic E-state index is 12.2. The number of thiophene rings is 1. The summed E-state index contributed by atoms with van der Waals surface area (Å²) in [5, 5.41) is 1.35. The van der Waals surface area contributed by atoms with E-state index in [0.717, 1.165) is 17.3 Å². The Hall–Kier alpha value is -1.38. The maximum Gasteiger partial charge on any atom is 0.316 e. The van der Waals surface area contributed by atoms with E-state index in [-0.39, 0.29) is 28.9 Å². The van der Waals surface area contributed by atoms with Crippen LogP contribution in [0.15, 0.2) is 5.16 Å². The third-order valence-electron chi connectivity index (χ3n) is 3.01. The predicted molar refractivity (Wildman–Crippen MR) is 97.1 cm³/mol. The highest BCUT2D eigenvalue weighted by atomic mass is 35.5. The van der Waals surface area contributed by atoms with Crippen LogP contribution in [0, 0.1) is 6.92 Å². The van der Waals surface area contributed by atoms with Crippen LogP contribution in [0.3, 0.4) is 0 Å². The van der Waals surface area contributed by atoms with Crippen LogP contribution in [-0.2, 0) is 9.53 Å². The average molecular weight is 388 g/mol. The molecule has 2 rings (SSSR count). The maximum atomic E-state index is 12.2. The van der Waals surface area contributed by atoms with E-state index in [9.17, 15) is 9.59 Å². The number of nitrogens with zero attached hydrogens (tertiary/aromatic N) is 3. The van der Waals surface area contributed by atoms with Gasteiger partial charge in [-0.3, -0.25) is 9.59 Å². The summed E-state index contributed by atoms with van der Waals surface area (Å²) >= 11 is 8.70. The highest BCUT2D eigenvalue weighted by molar-refractivity contribution is 7.99. The molecule has 9 heteroatoms. The zero-order valence-corrected chi connectivity index (χ0v) is 16.4. The lowest BCUT2D eigenvalue weighted by Gasteiger charge is -2.08. The van der Waals surface area contributed by atoms with Crippen molar-refractivity contribution in [3.63, 3.8) is 0 Å². The van der Waals surface area contributed by atoms with Crippen molar-refractivity contribution in [3.05, 3.63) is 15.6 Å². The van der Waals surface area contributed by atoms with Gasteiger partial charge < -0.3 is 9.64 Å². The van der Waals surface area contributed by atoms with E-state index in [0.29, 0.717) is 20.3 Å². The van der Waals surface area contributed by atoms with E-state index in [1.54, 1.807) is 27.9 Å². The minimum atomic E-state index is -0.333. The molecule has 1 amide bonds. The molecule has 0 unspecified atom stereocenters. The first-order chi connectivity index (χ1) is 11.2. The number of thioether (sulfide) groups is 1. The standard InChI is InChI=1S/C15H18ClN3O3S2/c1-7(2)22-9(20)6-23-15-17-12(16)10-8(3)11(14(21)19(4)5)24-13(10)18-15/h7H,6H2,1-5H3. The second-order valence-electron chi connectivity index (χ2n) is 5.56.